The Hall–Kier alpha value is -1.51. The number of hydrogen-bond acceptors (Lipinski definition) is 7. The number of piperidine rings is 3. The van der Waals surface area contributed by atoms with E-state index < -0.39 is 0 Å². The van der Waals surface area contributed by atoms with Crippen LogP contribution in [0.3, 0.4) is 0 Å². The minimum atomic E-state index is 0.0256. The molecule has 2 aromatic heterocycles. The van der Waals surface area contributed by atoms with E-state index in [2.05, 4.69) is 22.1 Å². The van der Waals surface area contributed by atoms with Crippen molar-refractivity contribution in [3.05, 3.63) is 23.2 Å². The molecule has 3 saturated heterocycles. The van der Waals surface area contributed by atoms with Crippen LogP contribution < -0.4 is 10.1 Å². The second-order valence-corrected chi connectivity index (χ2v) is 8.87. The summed E-state index contributed by atoms with van der Waals surface area (Å²) in [4.78, 5) is 19.9. The van der Waals surface area contributed by atoms with Gasteiger partial charge in [0.25, 0.3) is 5.91 Å². The van der Waals surface area contributed by atoms with Crippen LogP contribution in [-0.2, 0) is 0 Å². The molecule has 1 amide bonds. The van der Waals surface area contributed by atoms with Gasteiger partial charge >= 0.3 is 6.08 Å². The molecule has 1 N–H and O–H groups in total. The highest BCUT2D eigenvalue weighted by molar-refractivity contribution is 8.01. The van der Waals surface area contributed by atoms with Gasteiger partial charge in [-0.15, -0.1) is 11.3 Å². The van der Waals surface area contributed by atoms with Gasteiger partial charge in [0, 0.05) is 12.1 Å². The Bertz CT molecular complexity index is 750. The highest BCUT2D eigenvalue weighted by atomic mass is 32.2. The zero-order valence-electron chi connectivity index (χ0n) is 14.2. The Labute approximate surface area is 154 Å². The van der Waals surface area contributed by atoms with E-state index in [0.717, 1.165) is 9.09 Å². The molecule has 134 valence electrons. The summed E-state index contributed by atoms with van der Waals surface area (Å²) < 4.78 is 11.3. The number of nitrogens with one attached hydrogen (secondary N) is 1. The first-order valence-corrected chi connectivity index (χ1v) is 10.1. The smallest absolute Gasteiger partial charge is 0.394 e. The van der Waals surface area contributed by atoms with Crippen molar-refractivity contribution in [3.63, 3.8) is 0 Å². The summed E-state index contributed by atoms with van der Waals surface area (Å²) >= 11 is 2.91. The van der Waals surface area contributed by atoms with Gasteiger partial charge in [-0.2, -0.15) is 4.98 Å². The zero-order chi connectivity index (χ0) is 17.4. The molecule has 0 unspecified atom stereocenters. The summed E-state index contributed by atoms with van der Waals surface area (Å²) in [5.74, 6) is 0.636. The Kier molecular flexibility index (Phi) is 4.75. The number of fused-ring (bicyclic) bond motifs is 3. The zero-order valence-corrected chi connectivity index (χ0v) is 15.9. The lowest BCUT2D eigenvalue weighted by atomic mass is 9.79. The fourth-order valence-corrected chi connectivity index (χ4v) is 5.63. The number of carbonyl (C=O) groups is 1. The quantitative estimate of drug-likeness (QED) is 0.861. The summed E-state index contributed by atoms with van der Waals surface area (Å²) in [6.45, 7) is 4.56. The number of amides is 1. The van der Waals surface area contributed by atoms with E-state index in [4.69, 9.17) is 9.15 Å². The third-order valence-electron chi connectivity index (χ3n) is 5.12. The molecule has 5 heterocycles. The normalized spacial score (nSPS) is 28.1. The van der Waals surface area contributed by atoms with Gasteiger partial charge in [-0.05, 0) is 62.7 Å². The number of carbonyl (C=O) groups excluding carboxylic acids is 1. The van der Waals surface area contributed by atoms with Gasteiger partial charge in [-0.1, -0.05) is 0 Å². The maximum absolute atomic E-state index is 12.7. The Morgan fingerprint density at radius 3 is 2.92 bits per heavy atom. The van der Waals surface area contributed by atoms with Crippen LogP contribution in [0, 0.1) is 5.92 Å². The van der Waals surface area contributed by atoms with Crippen molar-refractivity contribution in [1.82, 2.24) is 15.2 Å². The van der Waals surface area contributed by atoms with Crippen molar-refractivity contribution in [2.75, 3.05) is 20.2 Å². The molecule has 0 radical (unpaired) electrons. The van der Waals surface area contributed by atoms with Crippen LogP contribution in [0.2, 0.25) is 0 Å². The molecule has 0 spiro atoms. The summed E-state index contributed by atoms with van der Waals surface area (Å²) in [5.41, 5.74) is 0. The maximum atomic E-state index is 12.7. The minimum absolute atomic E-state index is 0.0256. The summed E-state index contributed by atoms with van der Waals surface area (Å²) in [7, 11) is 1.52. The topological polar surface area (TPSA) is 67.6 Å². The molecule has 25 heavy (non-hydrogen) atoms. The minimum Gasteiger partial charge on any atom is -0.453 e. The Morgan fingerprint density at radius 2 is 2.24 bits per heavy atom. The van der Waals surface area contributed by atoms with Gasteiger partial charge in [0.15, 0.2) is 5.09 Å². The molecule has 3 fully saturated rings. The van der Waals surface area contributed by atoms with Gasteiger partial charge in [0.1, 0.15) is 0 Å². The van der Waals surface area contributed by atoms with E-state index in [1.54, 1.807) is 6.20 Å². The number of oxazole rings is 1. The molecule has 0 saturated carbocycles. The maximum Gasteiger partial charge on any atom is 0.394 e. The van der Waals surface area contributed by atoms with Crippen molar-refractivity contribution < 1.29 is 13.9 Å². The van der Waals surface area contributed by atoms with Crippen LogP contribution in [0.25, 0.3) is 0 Å². The fraction of sp³-hybridized carbons (Fsp3) is 0.529. The summed E-state index contributed by atoms with van der Waals surface area (Å²) in [6, 6.07) is 4.50. The molecule has 3 aliphatic heterocycles. The Balaban J connectivity index is 1.40. The van der Waals surface area contributed by atoms with Crippen molar-refractivity contribution in [3.8, 4) is 6.08 Å². The lowest BCUT2D eigenvalue weighted by Gasteiger charge is -2.49. The van der Waals surface area contributed by atoms with Gasteiger partial charge < -0.3 is 14.5 Å². The first-order valence-electron chi connectivity index (χ1n) is 8.46. The number of ether oxygens (including phenoxy) is 1. The van der Waals surface area contributed by atoms with Crippen molar-refractivity contribution >= 4 is 29.0 Å². The molecular formula is C17H21N3O3S2. The predicted octanol–water partition coefficient (Wildman–Crippen LogP) is 3.11. The van der Waals surface area contributed by atoms with Gasteiger partial charge in [-0.25, -0.2) is 0 Å². The molecule has 3 aliphatic rings. The number of methoxy groups -OCH3 is 1. The lowest BCUT2D eigenvalue weighted by molar-refractivity contribution is 0.0218. The fourth-order valence-electron chi connectivity index (χ4n) is 3.75. The van der Waals surface area contributed by atoms with Crippen LogP contribution >= 0.6 is 23.1 Å². The summed E-state index contributed by atoms with van der Waals surface area (Å²) in [6.07, 6.45) is 4.24. The summed E-state index contributed by atoms with van der Waals surface area (Å²) in [5, 5.41) is 3.92. The van der Waals surface area contributed by atoms with E-state index in [1.807, 2.05) is 12.1 Å². The molecule has 6 nitrogen and oxygen atoms in total. The van der Waals surface area contributed by atoms with Crippen molar-refractivity contribution in [2.45, 2.75) is 41.2 Å². The van der Waals surface area contributed by atoms with E-state index >= 15 is 0 Å². The lowest BCUT2D eigenvalue weighted by Crippen LogP contribution is -2.62. The molecular weight excluding hydrogens is 358 g/mol. The van der Waals surface area contributed by atoms with E-state index in [1.165, 1.54) is 56.1 Å². The Morgan fingerprint density at radius 1 is 1.44 bits per heavy atom. The third-order valence-corrected chi connectivity index (χ3v) is 7.23. The van der Waals surface area contributed by atoms with Gasteiger partial charge in [0.05, 0.1) is 22.4 Å². The number of rotatable bonds is 5. The number of aromatic nitrogens is 1. The third kappa shape index (κ3) is 3.43. The van der Waals surface area contributed by atoms with Gasteiger partial charge in [-0.3, -0.25) is 9.69 Å². The highest BCUT2D eigenvalue weighted by Crippen LogP contribution is 2.36. The molecule has 2 bridgehead atoms. The SMILES string of the molecule is COc1ncc(Sc2ccc(C(=O)N[C@@H]3C4CCN(CC4)[C@H]3C)s2)o1. The molecule has 0 aromatic carbocycles. The molecule has 2 aromatic rings. The first-order chi connectivity index (χ1) is 12.1. The number of nitrogens with zero attached hydrogens (tertiary/aromatic N) is 2. The average molecular weight is 380 g/mol. The largest absolute Gasteiger partial charge is 0.453 e. The van der Waals surface area contributed by atoms with Gasteiger partial charge in [0.2, 0.25) is 0 Å². The second-order valence-electron chi connectivity index (χ2n) is 6.48. The molecule has 8 heteroatoms. The highest BCUT2D eigenvalue weighted by Gasteiger charge is 2.40. The second kappa shape index (κ2) is 7.01. The van der Waals surface area contributed by atoms with Crippen LogP contribution in [0.4, 0.5) is 0 Å². The van der Waals surface area contributed by atoms with Crippen molar-refractivity contribution in [1.29, 1.82) is 0 Å². The number of hydrogen-bond donors (Lipinski definition) is 1. The predicted molar refractivity (Wildman–Crippen MR) is 96.5 cm³/mol. The molecule has 0 aliphatic carbocycles. The van der Waals surface area contributed by atoms with E-state index in [0.29, 0.717) is 17.1 Å². The standard InChI is InChI=1S/C17H21N3O3S2/c1-10-15(11-5-7-20(10)8-6-11)19-16(21)12-3-4-14(24-12)25-13-9-18-17(22-2)23-13/h3-4,9-11,15H,5-8H2,1-2H3,(H,19,21)/t10-,15-/m0/s1. The van der Waals surface area contributed by atoms with Crippen LogP contribution in [-0.4, -0.2) is 48.1 Å². The van der Waals surface area contributed by atoms with Crippen LogP contribution in [0.5, 0.6) is 6.08 Å². The molecule has 2 atom stereocenters. The molecule has 5 rings (SSSR count). The van der Waals surface area contributed by atoms with Crippen LogP contribution in [0.1, 0.15) is 29.4 Å². The van der Waals surface area contributed by atoms with E-state index in [9.17, 15) is 4.79 Å². The van der Waals surface area contributed by atoms with Crippen molar-refractivity contribution in [2.24, 2.45) is 5.92 Å². The van der Waals surface area contributed by atoms with Crippen LogP contribution in [0.15, 0.2) is 32.0 Å². The average Bonchev–Trinajstić information content (AvgIpc) is 3.28. The monoisotopic (exact) mass is 379 g/mol. The number of thiophene rings is 1. The first kappa shape index (κ1) is 16.9. The van der Waals surface area contributed by atoms with E-state index in [-0.39, 0.29) is 18.0 Å².